The van der Waals surface area contributed by atoms with Gasteiger partial charge in [-0.1, -0.05) is 23.2 Å². The molecule has 0 N–H and O–H groups in total. The second-order valence-corrected chi connectivity index (χ2v) is 13.2. The van der Waals surface area contributed by atoms with Crippen molar-refractivity contribution in [2.75, 3.05) is 17.1 Å². The topological polar surface area (TPSA) is 94.4 Å². The molecule has 0 fully saturated rings. The lowest BCUT2D eigenvalue weighted by Gasteiger charge is -2.30. The van der Waals surface area contributed by atoms with Crippen LogP contribution in [0.4, 0.5) is 5.69 Å². The Hall–Kier alpha value is -2.53. The third-order valence-electron chi connectivity index (χ3n) is 5.45. The summed E-state index contributed by atoms with van der Waals surface area (Å²) in [7, 11) is -4.10. The number of ether oxygens (including phenoxy) is 1. The van der Waals surface area contributed by atoms with Crippen LogP contribution in [0.5, 0.6) is 0 Å². The van der Waals surface area contributed by atoms with E-state index in [9.17, 15) is 13.2 Å². The molecule has 1 aliphatic rings. The fourth-order valence-corrected chi connectivity index (χ4v) is 6.72. The van der Waals surface area contributed by atoms with Crippen molar-refractivity contribution in [3.8, 4) is 5.82 Å². The number of allylic oxidation sites excluding steroid dienone is 3. The summed E-state index contributed by atoms with van der Waals surface area (Å²) in [5.74, 6) is -0.0485. The first-order chi connectivity index (χ1) is 17.4. The number of sulfonamides is 1. The molecule has 0 aliphatic heterocycles. The lowest BCUT2D eigenvalue weighted by molar-refractivity contribution is -0.152. The predicted octanol–water partition coefficient (Wildman–Crippen LogP) is 5.64. The number of anilines is 1. The Morgan fingerprint density at radius 2 is 1.97 bits per heavy atom. The highest BCUT2D eigenvalue weighted by Gasteiger charge is 2.35. The van der Waals surface area contributed by atoms with Crippen molar-refractivity contribution in [2.24, 2.45) is 0 Å². The van der Waals surface area contributed by atoms with Gasteiger partial charge >= 0.3 is 5.97 Å². The van der Waals surface area contributed by atoms with Gasteiger partial charge in [-0.3, -0.25) is 13.7 Å². The van der Waals surface area contributed by atoms with Gasteiger partial charge in [0.25, 0.3) is 0 Å². The van der Waals surface area contributed by atoms with Gasteiger partial charge in [0.05, 0.1) is 23.6 Å². The van der Waals surface area contributed by atoms with Crippen molar-refractivity contribution in [3.05, 3.63) is 65.1 Å². The number of aromatic nitrogens is 3. The normalized spacial score (nSPS) is 16.3. The van der Waals surface area contributed by atoms with Gasteiger partial charge in [0.1, 0.15) is 22.4 Å². The number of thioether (sulfide) groups is 1. The number of carbonyl (C=O) groups excluding carboxylic acids is 1. The summed E-state index contributed by atoms with van der Waals surface area (Å²) in [5.41, 5.74) is 0.340. The van der Waals surface area contributed by atoms with Crippen LogP contribution in [0.25, 0.3) is 16.7 Å². The molecule has 1 aromatic carbocycles. The van der Waals surface area contributed by atoms with E-state index in [1.54, 1.807) is 51.4 Å². The molecule has 1 unspecified atom stereocenters. The van der Waals surface area contributed by atoms with Gasteiger partial charge in [0.15, 0.2) is 5.82 Å². The van der Waals surface area contributed by atoms with E-state index >= 15 is 0 Å². The van der Waals surface area contributed by atoms with Gasteiger partial charge < -0.3 is 4.74 Å². The Kier molecular flexibility index (Phi) is 7.94. The van der Waals surface area contributed by atoms with Crippen molar-refractivity contribution in [3.63, 3.8) is 0 Å². The minimum absolute atomic E-state index is 0.0499. The highest BCUT2D eigenvalue weighted by atomic mass is 35.5. The summed E-state index contributed by atoms with van der Waals surface area (Å²) in [6.45, 7) is 4.67. The molecular weight excluding hydrogens is 555 g/mol. The molecule has 2 aromatic heterocycles. The first-order valence-corrected chi connectivity index (χ1v) is 14.8. The van der Waals surface area contributed by atoms with E-state index in [0.29, 0.717) is 16.5 Å². The number of halogens is 2. The zero-order valence-corrected chi connectivity index (χ0v) is 23.8. The molecule has 1 atom stereocenters. The molecule has 8 nitrogen and oxygen atoms in total. The fourth-order valence-electron chi connectivity index (χ4n) is 3.88. The van der Waals surface area contributed by atoms with Crippen LogP contribution in [-0.2, 0) is 19.6 Å². The summed E-state index contributed by atoms with van der Waals surface area (Å²) in [5, 5.41) is 1.07. The van der Waals surface area contributed by atoms with Gasteiger partial charge in [-0.15, -0.1) is 11.8 Å². The Bertz CT molecular complexity index is 1490. The number of rotatable bonds is 7. The second-order valence-electron chi connectivity index (χ2n) is 9.37. The maximum Gasteiger partial charge on any atom is 0.327 e. The Balaban J connectivity index is 1.74. The summed E-state index contributed by atoms with van der Waals surface area (Å²) in [6.07, 6.45) is 10.1. The van der Waals surface area contributed by atoms with Crippen molar-refractivity contribution < 1.29 is 17.9 Å². The Morgan fingerprint density at radius 3 is 2.59 bits per heavy atom. The Labute approximate surface area is 230 Å². The largest absolute Gasteiger partial charge is 0.459 e. The van der Waals surface area contributed by atoms with Gasteiger partial charge in [-0.05, 0) is 63.4 Å². The highest BCUT2D eigenvalue weighted by molar-refractivity contribution is 7.98. The number of esters is 1. The highest BCUT2D eigenvalue weighted by Crippen LogP contribution is 2.33. The van der Waals surface area contributed by atoms with Crippen LogP contribution >= 0.6 is 35.0 Å². The summed E-state index contributed by atoms with van der Waals surface area (Å²) >= 11 is 13.8. The van der Waals surface area contributed by atoms with Crippen molar-refractivity contribution in [1.82, 2.24) is 14.5 Å². The molecule has 0 amide bonds. The molecule has 1 aliphatic carbocycles. The number of fused-ring (bicyclic) bond motifs is 1. The molecular formula is C25H26Cl2N4O4S2. The van der Waals surface area contributed by atoms with Crippen LogP contribution < -0.4 is 4.31 Å². The molecule has 37 heavy (non-hydrogen) atoms. The van der Waals surface area contributed by atoms with Crippen molar-refractivity contribution >= 4 is 67.5 Å². The minimum Gasteiger partial charge on any atom is -0.459 e. The summed E-state index contributed by atoms with van der Waals surface area (Å²) in [6, 6.07) is 6.99. The van der Waals surface area contributed by atoms with E-state index in [1.165, 1.54) is 23.9 Å². The quantitative estimate of drug-likeness (QED) is 0.263. The van der Waals surface area contributed by atoms with E-state index in [2.05, 4.69) is 9.97 Å². The number of nitrogens with zero attached hydrogens (tertiary/aromatic N) is 4. The first kappa shape index (κ1) is 27.5. The second kappa shape index (κ2) is 10.7. The molecule has 0 radical (unpaired) electrons. The first-order valence-electron chi connectivity index (χ1n) is 11.3. The van der Waals surface area contributed by atoms with Gasteiger partial charge in [-0.25, -0.2) is 18.4 Å². The lowest BCUT2D eigenvalue weighted by Crippen LogP contribution is -2.43. The van der Waals surface area contributed by atoms with E-state index in [0.717, 1.165) is 20.2 Å². The maximum atomic E-state index is 13.8. The van der Waals surface area contributed by atoms with E-state index in [1.807, 2.05) is 23.1 Å². The number of benzene rings is 1. The number of hydrogen-bond donors (Lipinski definition) is 0. The predicted molar refractivity (Wildman–Crippen MR) is 149 cm³/mol. The monoisotopic (exact) mass is 580 g/mol. The van der Waals surface area contributed by atoms with Gasteiger partial charge in [0.2, 0.25) is 10.0 Å². The summed E-state index contributed by atoms with van der Waals surface area (Å²) in [4.78, 5) is 21.6. The number of carbonyl (C=O) groups is 1. The van der Waals surface area contributed by atoms with Crippen LogP contribution in [0.2, 0.25) is 0 Å². The van der Waals surface area contributed by atoms with E-state index in [4.69, 9.17) is 27.9 Å². The third kappa shape index (κ3) is 6.31. The standard InChI is InChI=1S/C25H26Cl2N4O4S2/c1-25(2,3)35-24(32)15-31(37(33,34)20-11-17(26)10-18(27)12-20)19-5-6-21-16(9-19)7-8-30(21)22-13-29-23(36-4)14-28-22/h5-11,13-14,20H,12,15H2,1-4H3. The molecule has 3 aromatic rings. The van der Waals surface area contributed by atoms with Crippen LogP contribution in [-0.4, -0.2) is 52.6 Å². The average Bonchev–Trinajstić information content (AvgIpc) is 3.24. The molecule has 0 spiro atoms. The van der Waals surface area contributed by atoms with Crippen molar-refractivity contribution in [1.29, 1.82) is 0 Å². The summed E-state index contributed by atoms with van der Waals surface area (Å²) < 4.78 is 36.0. The zero-order chi connectivity index (χ0) is 27.0. The molecule has 196 valence electrons. The van der Waals surface area contributed by atoms with Crippen LogP contribution in [0.15, 0.2) is 70.1 Å². The van der Waals surface area contributed by atoms with E-state index < -0.39 is 33.4 Å². The van der Waals surface area contributed by atoms with Gasteiger partial charge in [-0.2, -0.15) is 0 Å². The molecule has 4 rings (SSSR count). The van der Waals surface area contributed by atoms with Crippen LogP contribution in [0.1, 0.15) is 27.2 Å². The molecule has 2 heterocycles. The van der Waals surface area contributed by atoms with Crippen LogP contribution in [0.3, 0.4) is 0 Å². The fraction of sp³-hybridized carbons (Fsp3) is 0.320. The average molecular weight is 582 g/mol. The van der Waals surface area contributed by atoms with E-state index in [-0.39, 0.29) is 11.5 Å². The zero-order valence-electron chi connectivity index (χ0n) is 20.7. The smallest absolute Gasteiger partial charge is 0.327 e. The maximum absolute atomic E-state index is 13.8. The van der Waals surface area contributed by atoms with Gasteiger partial charge in [0, 0.05) is 28.1 Å². The molecule has 0 saturated heterocycles. The van der Waals surface area contributed by atoms with Crippen LogP contribution in [0, 0.1) is 0 Å². The minimum atomic E-state index is -4.10. The Morgan fingerprint density at radius 1 is 1.22 bits per heavy atom. The molecule has 12 heteroatoms. The SMILES string of the molecule is CSc1cnc(-n2ccc3cc(N(CC(=O)OC(C)(C)C)S(=O)(=O)C4C=C(Cl)C=C(Cl)C4)ccc32)cn1. The lowest BCUT2D eigenvalue weighted by atomic mass is 10.2. The third-order valence-corrected chi connectivity index (χ3v) is 8.60. The molecule has 0 bridgehead atoms. The van der Waals surface area contributed by atoms with Crippen molar-refractivity contribution in [2.45, 2.75) is 43.1 Å². The molecule has 0 saturated carbocycles. The number of hydrogen-bond acceptors (Lipinski definition) is 7.